The van der Waals surface area contributed by atoms with Gasteiger partial charge in [-0.25, -0.2) is 0 Å². The highest BCUT2D eigenvalue weighted by Gasteiger charge is 2.39. The van der Waals surface area contributed by atoms with Gasteiger partial charge < -0.3 is 5.32 Å². The van der Waals surface area contributed by atoms with Gasteiger partial charge >= 0.3 is 0 Å². The summed E-state index contributed by atoms with van der Waals surface area (Å²) in [5.41, 5.74) is 0. The van der Waals surface area contributed by atoms with Crippen molar-refractivity contribution in [2.75, 3.05) is 13.1 Å². The number of carbonyl (C=O) groups is 2. The molecule has 4 nitrogen and oxygen atoms in total. The quantitative estimate of drug-likeness (QED) is 0.789. The molecule has 110 valence electrons. The molecular formula is C16H24N2O2. The first-order chi connectivity index (χ1) is 9.65. The summed E-state index contributed by atoms with van der Waals surface area (Å²) in [6.45, 7) is 3.09. The van der Waals surface area contributed by atoms with E-state index in [-0.39, 0.29) is 30.5 Å². The van der Waals surface area contributed by atoms with Gasteiger partial charge in [-0.05, 0) is 39.2 Å². The van der Waals surface area contributed by atoms with Crippen molar-refractivity contribution in [3.05, 3.63) is 0 Å². The fourth-order valence-corrected chi connectivity index (χ4v) is 3.58. The summed E-state index contributed by atoms with van der Waals surface area (Å²) in [7, 11) is 0. The summed E-state index contributed by atoms with van der Waals surface area (Å²) in [6, 6.07) is 0.0346. The lowest BCUT2D eigenvalue weighted by atomic mass is 9.87. The van der Waals surface area contributed by atoms with Crippen LogP contribution in [0.4, 0.5) is 0 Å². The first kappa shape index (κ1) is 15.1. The van der Waals surface area contributed by atoms with E-state index in [9.17, 15) is 9.59 Å². The van der Waals surface area contributed by atoms with Gasteiger partial charge in [0.15, 0.2) is 0 Å². The predicted octanol–water partition coefficient (Wildman–Crippen LogP) is 1.35. The molecule has 1 saturated carbocycles. The fourth-order valence-electron chi connectivity index (χ4n) is 3.58. The number of nitrogens with zero attached hydrogens (tertiary/aromatic N) is 1. The van der Waals surface area contributed by atoms with Crippen LogP contribution in [0, 0.1) is 18.3 Å². The van der Waals surface area contributed by atoms with Crippen molar-refractivity contribution < 1.29 is 9.59 Å². The Bertz CT molecular complexity index is 413. The van der Waals surface area contributed by atoms with Crippen molar-refractivity contribution in [2.45, 2.75) is 57.5 Å². The Labute approximate surface area is 121 Å². The minimum absolute atomic E-state index is 0.0275. The topological polar surface area (TPSA) is 49.4 Å². The average molecular weight is 276 g/mol. The summed E-state index contributed by atoms with van der Waals surface area (Å²) < 4.78 is 0. The van der Waals surface area contributed by atoms with E-state index >= 15 is 0 Å². The van der Waals surface area contributed by atoms with Crippen LogP contribution in [0.25, 0.3) is 0 Å². The number of hydrogen-bond donors (Lipinski definition) is 1. The van der Waals surface area contributed by atoms with Gasteiger partial charge in [-0.1, -0.05) is 12.3 Å². The molecule has 0 bridgehead atoms. The van der Waals surface area contributed by atoms with Crippen molar-refractivity contribution in [3.63, 3.8) is 0 Å². The van der Waals surface area contributed by atoms with Crippen molar-refractivity contribution in [1.82, 2.24) is 10.2 Å². The van der Waals surface area contributed by atoms with Gasteiger partial charge in [0.2, 0.25) is 5.91 Å². The van der Waals surface area contributed by atoms with E-state index in [2.05, 4.69) is 16.1 Å². The van der Waals surface area contributed by atoms with Crippen LogP contribution < -0.4 is 5.32 Å². The Hall–Kier alpha value is -1.34. The Kier molecular flexibility index (Phi) is 5.19. The van der Waals surface area contributed by atoms with Gasteiger partial charge in [-0.3, -0.25) is 14.5 Å². The van der Waals surface area contributed by atoms with Crippen LogP contribution in [0.3, 0.4) is 0 Å². The lowest BCUT2D eigenvalue weighted by Gasteiger charge is -2.41. The number of likely N-dealkylation sites (tertiary alicyclic amines) is 1. The van der Waals surface area contributed by atoms with Gasteiger partial charge in [0, 0.05) is 18.4 Å². The minimum Gasteiger partial charge on any atom is -0.344 e. The second-order valence-corrected chi connectivity index (χ2v) is 5.86. The maximum absolute atomic E-state index is 12.1. The third-order valence-corrected chi connectivity index (χ3v) is 4.65. The largest absolute Gasteiger partial charge is 0.344 e. The van der Waals surface area contributed by atoms with Crippen LogP contribution in [-0.4, -0.2) is 41.8 Å². The Morgan fingerprint density at radius 3 is 2.90 bits per heavy atom. The summed E-state index contributed by atoms with van der Waals surface area (Å²) in [5, 5.41) is 2.75. The molecule has 0 spiro atoms. The number of nitrogens with one attached hydrogen (secondary N) is 1. The summed E-state index contributed by atoms with van der Waals surface area (Å²) in [6.07, 6.45) is 11.2. The van der Waals surface area contributed by atoms with E-state index in [1.165, 1.54) is 0 Å². The molecule has 1 amide bonds. The molecule has 0 radical (unpaired) electrons. The van der Waals surface area contributed by atoms with E-state index in [0.717, 1.165) is 38.6 Å². The maximum Gasteiger partial charge on any atom is 0.237 e. The standard InChI is InChI=1S/C16H24N2O2/c1-3-10-17-16(20)12(2)18-11-5-4-8-14(18)13-7-6-9-15(13)19/h1,12-14H,4-11H2,2H3,(H,17,20). The van der Waals surface area contributed by atoms with Crippen LogP contribution in [-0.2, 0) is 9.59 Å². The molecule has 1 N–H and O–H groups in total. The van der Waals surface area contributed by atoms with E-state index in [1.54, 1.807) is 0 Å². The molecule has 1 aliphatic carbocycles. The van der Waals surface area contributed by atoms with Crippen molar-refractivity contribution >= 4 is 11.7 Å². The summed E-state index contributed by atoms with van der Waals surface area (Å²) >= 11 is 0. The van der Waals surface area contributed by atoms with Gasteiger partial charge in [0.1, 0.15) is 5.78 Å². The van der Waals surface area contributed by atoms with Crippen molar-refractivity contribution in [3.8, 4) is 12.3 Å². The predicted molar refractivity (Wildman–Crippen MR) is 78.0 cm³/mol. The molecule has 20 heavy (non-hydrogen) atoms. The van der Waals surface area contributed by atoms with E-state index in [4.69, 9.17) is 6.42 Å². The number of piperidine rings is 1. The average Bonchev–Trinajstić information content (AvgIpc) is 2.90. The number of terminal acetylenes is 1. The Morgan fingerprint density at radius 2 is 2.25 bits per heavy atom. The number of Topliss-reactive ketones (excluding diaryl/α,β-unsaturated/α-hetero) is 1. The minimum atomic E-state index is -0.206. The second kappa shape index (κ2) is 6.90. The highest BCUT2D eigenvalue weighted by Crippen LogP contribution is 2.33. The molecule has 1 aliphatic heterocycles. The van der Waals surface area contributed by atoms with Crippen LogP contribution in [0.2, 0.25) is 0 Å². The normalized spacial score (nSPS) is 28.9. The molecule has 0 aromatic carbocycles. The highest BCUT2D eigenvalue weighted by atomic mass is 16.2. The van der Waals surface area contributed by atoms with Crippen LogP contribution >= 0.6 is 0 Å². The molecule has 2 fully saturated rings. The third-order valence-electron chi connectivity index (χ3n) is 4.65. The summed E-state index contributed by atoms with van der Waals surface area (Å²) in [5.74, 6) is 2.92. The first-order valence-electron chi connectivity index (χ1n) is 7.64. The van der Waals surface area contributed by atoms with Crippen molar-refractivity contribution in [2.24, 2.45) is 5.92 Å². The van der Waals surface area contributed by atoms with Gasteiger partial charge in [0.25, 0.3) is 0 Å². The van der Waals surface area contributed by atoms with Gasteiger partial charge in [0.05, 0.1) is 12.6 Å². The van der Waals surface area contributed by atoms with Crippen LogP contribution in [0.5, 0.6) is 0 Å². The first-order valence-corrected chi connectivity index (χ1v) is 7.64. The molecular weight excluding hydrogens is 252 g/mol. The molecule has 1 heterocycles. The molecule has 1 saturated heterocycles. The zero-order chi connectivity index (χ0) is 14.5. The number of hydrogen-bond acceptors (Lipinski definition) is 3. The molecule has 4 heteroatoms. The number of carbonyl (C=O) groups excluding carboxylic acids is 2. The van der Waals surface area contributed by atoms with Gasteiger partial charge in [-0.2, -0.15) is 0 Å². The number of ketones is 1. The number of rotatable bonds is 4. The third kappa shape index (κ3) is 3.21. The lowest BCUT2D eigenvalue weighted by Crippen LogP contribution is -2.54. The van der Waals surface area contributed by atoms with Crippen molar-refractivity contribution in [1.29, 1.82) is 0 Å². The second-order valence-electron chi connectivity index (χ2n) is 5.86. The van der Waals surface area contributed by atoms with E-state index in [1.807, 2.05) is 6.92 Å². The Balaban J connectivity index is 2.04. The fraction of sp³-hybridized carbons (Fsp3) is 0.750. The van der Waals surface area contributed by atoms with E-state index < -0.39 is 0 Å². The smallest absolute Gasteiger partial charge is 0.237 e. The zero-order valence-electron chi connectivity index (χ0n) is 12.2. The summed E-state index contributed by atoms with van der Waals surface area (Å²) in [4.78, 5) is 26.4. The van der Waals surface area contributed by atoms with E-state index in [0.29, 0.717) is 12.2 Å². The molecule has 2 rings (SSSR count). The van der Waals surface area contributed by atoms with Crippen LogP contribution in [0.1, 0.15) is 45.4 Å². The highest BCUT2D eigenvalue weighted by molar-refractivity contribution is 5.84. The monoisotopic (exact) mass is 276 g/mol. The van der Waals surface area contributed by atoms with Gasteiger partial charge in [-0.15, -0.1) is 6.42 Å². The molecule has 3 atom stereocenters. The zero-order valence-corrected chi connectivity index (χ0v) is 12.2. The number of amides is 1. The molecule has 2 aliphatic rings. The lowest BCUT2D eigenvalue weighted by molar-refractivity contribution is -0.131. The molecule has 0 aromatic heterocycles. The maximum atomic E-state index is 12.1. The SMILES string of the molecule is C#CCNC(=O)C(C)N1CCCCC1C1CCCC1=O. The van der Waals surface area contributed by atoms with Crippen LogP contribution in [0.15, 0.2) is 0 Å². The molecule has 3 unspecified atom stereocenters. The molecule has 0 aromatic rings. The Morgan fingerprint density at radius 1 is 1.45 bits per heavy atom.